The Bertz CT molecular complexity index is 628. The van der Waals surface area contributed by atoms with Crippen LogP contribution in [-0.2, 0) is 27.6 Å². The number of carbonyl (C=O) groups excluding carboxylic acids is 1. The number of carbonyl (C=O) groups is 1. The standard InChI is InChI=1S/C15H20N2O3S/c18-15(12-16-7-9-21(19,20)10-8-16)17-6-5-13-3-1-2-4-14(13)11-17/h1-4H,5-12H2. The lowest BCUT2D eigenvalue weighted by Gasteiger charge is -2.32. The fourth-order valence-corrected chi connectivity index (χ4v) is 4.19. The molecule has 0 saturated carbocycles. The summed E-state index contributed by atoms with van der Waals surface area (Å²) in [5, 5.41) is 0. The molecule has 2 heterocycles. The first-order valence-corrected chi connectivity index (χ1v) is 9.13. The molecule has 2 aliphatic heterocycles. The van der Waals surface area contributed by atoms with E-state index >= 15 is 0 Å². The van der Waals surface area contributed by atoms with Crippen LogP contribution >= 0.6 is 0 Å². The van der Waals surface area contributed by atoms with Crippen molar-refractivity contribution in [3.8, 4) is 0 Å². The second kappa shape index (κ2) is 5.77. The number of nitrogens with zero attached hydrogens (tertiary/aromatic N) is 2. The Morgan fingerprint density at radius 1 is 1.05 bits per heavy atom. The Labute approximate surface area is 125 Å². The quantitative estimate of drug-likeness (QED) is 0.788. The van der Waals surface area contributed by atoms with E-state index in [1.165, 1.54) is 11.1 Å². The van der Waals surface area contributed by atoms with Crippen LogP contribution < -0.4 is 0 Å². The number of hydrogen-bond acceptors (Lipinski definition) is 4. The maximum Gasteiger partial charge on any atom is 0.237 e. The molecule has 21 heavy (non-hydrogen) atoms. The van der Waals surface area contributed by atoms with Gasteiger partial charge in [-0.25, -0.2) is 8.42 Å². The van der Waals surface area contributed by atoms with Gasteiger partial charge in [0.15, 0.2) is 9.84 Å². The summed E-state index contributed by atoms with van der Waals surface area (Å²) in [6.07, 6.45) is 0.899. The van der Waals surface area contributed by atoms with Crippen LogP contribution in [0.2, 0.25) is 0 Å². The third-order valence-electron chi connectivity index (χ3n) is 4.28. The number of fused-ring (bicyclic) bond motifs is 1. The number of hydrogen-bond donors (Lipinski definition) is 0. The molecule has 1 fully saturated rings. The molecule has 114 valence electrons. The minimum atomic E-state index is -2.88. The lowest BCUT2D eigenvalue weighted by atomic mass is 10.00. The summed E-state index contributed by atoms with van der Waals surface area (Å²) in [5.41, 5.74) is 2.55. The first-order valence-electron chi connectivity index (χ1n) is 7.31. The summed E-state index contributed by atoms with van der Waals surface area (Å²) in [5.74, 6) is 0.440. The molecule has 0 bridgehead atoms. The van der Waals surface area contributed by atoms with E-state index in [0.717, 1.165) is 13.0 Å². The Morgan fingerprint density at radius 3 is 2.43 bits per heavy atom. The summed E-state index contributed by atoms with van der Waals surface area (Å²) < 4.78 is 22.8. The topological polar surface area (TPSA) is 57.7 Å². The van der Waals surface area contributed by atoms with Crippen molar-refractivity contribution in [2.75, 3.05) is 37.7 Å². The van der Waals surface area contributed by atoms with E-state index < -0.39 is 9.84 Å². The Morgan fingerprint density at radius 2 is 1.71 bits per heavy atom. The molecule has 0 atom stereocenters. The van der Waals surface area contributed by atoms with Crippen LogP contribution in [0, 0.1) is 0 Å². The van der Waals surface area contributed by atoms with Crippen LogP contribution in [0.3, 0.4) is 0 Å². The largest absolute Gasteiger partial charge is 0.337 e. The highest BCUT2D eigenvalue weighted by Crippen LogP contribution is 2.18. The lowest BCUT2D eigenvalue weighted by Crippen LogP contribution is -2.47. The molecule has 3 rings (SSSR count). The lowest BCUT2D eigenvalue weighted by molar-refractivity contribution is -0.133. The molecular formula is C15H20N2O3S. The molecule has 5 nitrogen and oxygen atoms in total. The highest BCUT2D eigenvalue weighted by Gasteiger charge is 2.26. The molecule has 0 N–H and O–H groups in total. The van der Waals surface area contributed by atoms with Crippen LogP contribution in [0.4, 0.5) is 0 Å². The van der Waals surface area contributed by atoms with Crippen molar-refractivity contribution < 1.29 is 13.2 Å². The van der Waals surface area contributed by atoms with E-state index in [-0.39, 0.29) is 17.4 Å². The van der Waals surface area contributed by atoms with Crippen molar-refractivity contribution in [1.82, 2.24) is 9.80 Å². The van der Waals surface area contributed by atoms with Crippen LogP contribution in [0.1, 0.15) is 11.1 Å². The molecule has 0 spiro atoms. The molecular weight excluding hydrogens is 288 g/mol. The average molecular weight is 308 g/mol. The predicted octanol–water partition coefficient (Wildman–Crippen LogP) is 0.302. The predicted molar refractivity (Wildman–Crippen MR) is 80.7 cm³/mol. The van der Waals surface area contributed by atoms with E-state index in [0.29, 0.717) is 26.2 Å². The molecule has 1 amide bonds. The zero-order valence-electron chi connectivity index (χ0n) is 12.0. The van der Waals surface area contributed by atoms with Gasteiger partial charge in [-0.2, -0.15) is 0 Å². The SMILES string of the molecule is O=C(CN1CCS(=O)(=O)CC1)N1CCc2ccccc2C1. The molecule has 1 saturated heterocycles. The van der Waals surface area contributed by atoms with E-state index in [9.17, 15) is 13.2 Å². The summed E-state index contributed by atoms with van der Waals surface area (Å²) in [6.45, 7) is 2.69. The van der Waals surface area contributed by atoms with Crippen molar-refractivity contribution in [2.45, 2.75) is 13.0 Å². The summed E-state index contributed by atoms with van der Waals surface area (Å²) in [7, 11) is -2.88. The smallest absolute Gasteiger partial charge is 0.237 e. The summed E-state index contributed by atoms with van der Waals surface area (Å²) >= 11 is 0. The van der Waals surface area contributed by atoms with Gasteiger partial charge in [0, 0.05) is 26.2 Å². The maximum absolute atomic E-state index is 12.4. The second-order valence-corrected chi connectivity index (χ2v) is 8.07. The zero-order chi connectivity index (χ0) is 14.9. The second-order valence-electron chi connectivity index (χ2n) is 5.76. The Hall–Kier alpha value is -1.40. The Kier molecular flexibility index (Phi) is 3.99. The molecule has 1 aromatic carbocycles. The zero-order valence-corrected chi connectivity index (χ0v) is 12.8. The van der Waals surface area contributed by atoms with Crippen LogP contribution in [-0.4, -0.2) is 61.8 Å². The van der Waals surface area contributed by atoms with Gasteiger partial charge in [0.2, 0.25) is 5.91 Å². The van der Waals surface area contributed by atoms with Crippen molar-refractivity contribution in [1.29, 1.82) is 0 Å². The van der Waals surface area contributed by atoms with E-state index in [1.807, 2.05) is 21.9 Å². The van der Waals surface area contributed by atoms with Gasteiger partial charge in [0.25, 0.3) is 0 Å². The van der Waals surface area contributed by atoms with Crippen molar-refractivity contribution >= 4 is 15.7 Å². The number of benzene rings is 1. The Balaban J connectivity index is 1.58. The van der Waals surface area contributed by atoms with Crippen LogP contribution in [0.5, 0.6) is 0 Å². The van der Waals surface area contributed by atoms with Crippen molar-refractivity contribution in [3.05, 3.63) is 35.4 Å². The third kappa shape index (κ3) is 3.44. The van der Waals surface area contributed by atoms with Gasteiger partial charge in [-0.05, 0) is 17.5 Å². The summed E-state index contributed by atoms with van der Waals surface area (Å²) in [6, 6.07) is 8.22. The monoisotopic (exact) mass is 308 g/mol. The molecule has 0 aliphatic carbocycles. The molecule has 0 unspecified atom stereocenters. The number of sulfone groups is 1. The van der Waals surface area contributed by atoms with Gasteiger partial charge < -0.3 is 4.90 Å². The minimum absolute atomic E-state index is 0.101. The van der Waals surface area contributed by atoms with E-state index in [4.69, 9.17) is 0 Å². The molecule has 1 aromatic rings. The van der Waals surface area contributed by atoms with Gasteiger partial charge in [-0.3, -0.25) is 9.69 Å². The number of rotatable bonds is 2. The average Bonchev–Trinajstić information content (AvgIpc) is 2.49. The highest BCUT2D eigenvalue weighted by molar-refractivity contribution is 7.91. The van der Waals surface area contributed by atoms with Gasteiger partial charge >= 0.3 is 0 Å². The van der Waals surface area contributed by atoms with Crippen molar-refractivity contribution in [3.63, 3.8) is 0 Å². The molecule has 6 heteroatoms. The fraction of sp³-hybridized carbons (Fsp3) is 0.533. The van der Waals surface area contributed by atoms with Gasteiger partial charge in [-0.15, -0.1) is 0 Å². The third-order valence-corrected chi connectivity index (χ3v) is 5.89. The minimum Gasteiger partial charge on any atom is -0.337 e. The van der Waals surface area contributed by atoms with Crippen molar-refractivity contribution in [2.24, 2.45) is 0 Å². The first kappa shape index (κ1) is 14.5. The maximum atomic E-state index is 12.4. The summed E-state index contributed by atoms with van der Waals surface area (Å²) in [4.78, 5) is 16.2. The molecule has 2 aliphatic rings. The molecule has 0 aromatic heterocycles. The normalized spacial score (nSPS) is 21.8. The van der Waals surface area contributed by atoms with Gasteiger partial charge in [0.1, 0.15) is 0 Å². The van der Waals surface area contributed by atoms with Crippen LogP contribution in [0.15, 0.2) is 24.3 Å². The van der Waals surface area contributed by atoms with E-state index in [1.54, 1.807) is 0 Å². The van der Waals surface area contributed by atoms with Gasteiger partial charge in [0.05, 0.1) is 18.1 Å². The van der Waals surface area contributed by atoms with E-state index in [2.05, 4.69) is 12.1 Å². The van der Waals surface area contributed by atoms with Crippen LogP contribution in [0.25, 0.3) is 0 Å². The van der Waals surface area contributed by atoms with Gasteiger partial charge in [-0.1, -0.05) is 24.3 Å². The molecule has 0 radical (unpaired) electrons. The fourth-order valence-electron chi connectivity index (χ4n) is 2.91. The first-order chi connectivity index (χ1) is 10.0. The number of amides is 1. The highest BCUT2D eigenvalue weighted by atomic mass is 32.2.